The molecule has 2 aliphatic heterocycles. The molecule has 4 heteroatoms. The van der Waals surface area contributed by atoms with Crippen molar-refractivity contribution in [1.82, 2.24) is 4.90 Å². The molecule has 0 spiro atoms. The number of rotatable bonds is 1. The van der Waals surface area contributed by atoms with Gasteiger partial charge in [-0.05, 0) is 29.7 Å². The maximum absolute atomic E-state index is 12.2. The van der Waals surface area contributed by atoms with E-state index in [1.807, 2.05) is 18.2 Å². The molecule has 0 saturated carbocycles. The Morgan fingerprint density at radius 3 is 2.94 bits per heavy atom. The van der Waals surface area contributed by atoms with Gasteiger partial charge in [-0.15, -0.1) is 0 Å². The number of amides is 1. The number of nitrogens with zero attached hydrogens (tertiary/aromatic N) is 1. The van der Waals surface area contributed by atoms with E-state index in [1.165, 1.54) is 5.56 Å². The SMILES string of the molecule is O=C(c1ccc2c(c1)COC2)N1CC[C@H](O)C1. The number of carbonyl (C=O) groups excluding carboxylic acids is 1. The smallest absolute Gasteiger partial charge is 0.253 e. The van der Waals surface area contributed by atoms with Crippen LogP contribution in [0.2, 0.25) is 0 Å². The topological polar surface area (TPSA) is 49.8 Å². The number of β-amino-alcohol motifs (C(OH)–C–C–N with tert-alkyl or cyclic N) is 1. The number of likely N-dealkylation sites (tertiary alicyclic amines) is 1. The fraction of sp³-hybridized carbons (Fsp3) is 0.462. The van der Waals surface area contributed by atoms with Crippen molar-refractivity contribution < 1.29 is 14.6 Å². The van der Waals surface area contributed by atoms with E-state index in [4.69, 9.17) is 4.74 Å². The average molecular weight is 233 g/mol. The van der Waals surface area contributed by atoms with E-state index in [1.54, 1.807) is 4.90 Å². The molecule has 4 nitrogen and oxygen atoms in total. The van der Waals surface area contributed by atoms with Gasteiger partial charge in [0.2, 0.25) is 0 Å². The van der Waals surface area contributed by atoms with E-state index in [2.05, 4.69) is 0 Å². The predicted molar refractivity (Wildman–Crippen MR) is 61.5 cm³/mol. The molecule has 90 valence electrons. The van der Waals surface area contributed by atoms with Crippen molar-refractivity contribution >= 4 is 5.91 Å². The van der Waals surface area contributed by atoms with Gasteiger partial charge in [0.05, 0.1) is 19.3 Å². The Morgan fingerprint density at radius 2 is 2.18 bits per heavy atom. The van der Waals surface area contributed by atoms with Crippen LogP contribution in [0.3, 0.4) is 0 Å². The third kappa shape index (κ3) is 1.94. The summed E-state index contributed by atoms with van der Waals surface area (Å²) in [5, 5.41) is 9.44. The van der Waals surface area contributed by atoms with Crippen LogP contribution in [0.25, 0.3) is 0 Å². The van der Waals surface area contributed by atoms with E-state index in [0.717, 1.165) is 5.56 Å². The molecular weight excluding hydrogens is 218 g/mol. The molecule has 1 aromatic carbocycles. The third-order valence-electron chi connectivity index (χ3n) is 3.42. The van der Waals surface area contributed by atoms with Gasteiger partial charge in [-0.2, -0.15) is 0 Å². The Labute approximate surface area is 99.8 Å². The lowest BCUT2D eigenvalue weighted by Gasteiger charge is -2.15. The highest BCUT2D eigenvalue weighted by Crippen LogP contribution is 2.22. The van der Waals surface area contributed by atoms with E-state index in [-0.39, 0.29) is 12.0 Å². The molecule has 0 aromatic heterocycles. The second kappa shape index (κ2) is 4.13. The molecule has 0 radical (unpaired) electrons. The van der Waals surface area contributed by atoms with Crippen molar-refractivity contribution in [2.75, 3.05) is 13.1 Å². The molecule has 1 aromatic rings. The van der Waals surface area contributed by atoms with Gasteiger partial charge in [-0.3, -0.25) is 4.79 Å². The maximum atomic E-state index is 12.2. The zero-order valence-electron chi connectivity index (χ0n) is 9.56. The summed E-state index contributed by atoms with van der Waals surface area (Å²) in [6.07, 6.45) is 0.316. The number of hydrogen-bond acceptors (Lipinski definition) is 3. The molecule has 2 heterocycles. The molecule has 0 unspecified atom stereocenters. The van der Waals surface area contributed by atoms with Crippen molar-refractivity contribution in [1.29, 1.82) is 0 Å². The molecule has 1 atom stereocenters. The van der Waals surface area contributed by atoms with Crippen molar-refractivity contribution in [3.63, 3.8) is 0 Å². The quantitative estimate of drug-likeness (QED) is 0.784. The number of aliphatic hydroxyl groups excluding tert-OH is 1. The van der Waals surface area contributed by atoms with Crippen LogP contribution in [-0.2, 0) is 18.0 Å². The van der Waals surface area contributed by atoms with Crippen LogP contribution in [0, 0.1) is 0 Å². The van der Waals surface area contributed by atoms with Gasteiger partial charge in [-0.25, -0.2) is 0 Å². The van der Waals surface area contributed by atoms with Crippen LogP contribution in [0.5, 0.6) is 0 Å². The normalized spacial score (nSPS) is 22.9. The first-order chi connectivity index (χ1) is 8.24. The van der Waals surface area contributed by atoms with Crippen LogP contribution in [0.15, 0.2) is 18.2 Å². The van der Waals surface area contributed by atoms with Crippen LogP contribution in [-0.4, -0.2) is 35.1 Å². The molecule has 1 saturated heterocycles. The molecule has 1 fully saturated rings. The highest BCUT2D eigenvalue weighted by Gasteiger charge is 2.26. The van der Waals surface area contributed by atoms with Crippen LogP contribution >= 0.6 is 0 Å². The Kier molecular flexibility index (Phi) is 2.61. The maximum Gasteiger partial charge on any atom is 0.253 e. The minimum atomic E-state index is -0.364. The van der Waals surface area contributed by atoms with Gasteiger partial charge in [0.1, 0.15) is 0 Å². The van der Waals surface area contributed by atoms with Gasteiger partial charge >= 0.3 is 0 Å². The van der Waals surface area contributed by atoms with Crippen LogP contribution in [0.4, 0.5) is 0 Å². The largest absolute Gasteiger partial charge is 0.391 e. The zero-order valence-corrected chi connectivity index (χ0v) is 9.56. The van der Waals surface area contributed by atoms with E-state index < -0.39 is 0 Å². The fourth-order valence-electron chi connectivity index (χ4n) is 2.41. The van der Waals surface area contributed by atoms with Gasteiger partial charge in [-0.1, -0.05) is 6.07 Å². The lowest BCUT2D eigenvalue weighted by atomic mass is 10.1. The van der Waals surface area contributed by atoms with Gasteiger partial charge < -0.3 is 14.7 Å². The molecule has 3 rings (SSSR count). The number of hydrogen-bond donors (Lipinski definition) is 1. The summed E-state index contributed by atoms with van der Waals surface area (Å²) in [5.41, 5.74) is 2.97. The fourth-order valence-corrected chi connectivity index (χ4v) is 2.41. The second-order valence-corrected chi connectivity index (χ2v) is 4.67. The Balaban J connectivity index is 1.82. The number of ether oxygens (including phenoxy) is 1. The number of benzene rings is 1. The van der Waals surface area contributed by atoms with E-state index in [9.17, 15) is 9.90 Å². The van der Waals surface area contributed by atoms with Gasteiger partial charge in [0.25, 0.3) is 5.91 Å². The first kappa shape index (κ1) is 10.7. The minimum absolute atomic E-state index is 0.0104. The molecular formula is C13H15NO3. The lowest BCUT2D eigenvalue weighted by molar-refractivity contribution is 0.0765. The molecule has 0 aliphatic carbocycles. The van der Waals surface area contributed by atoms with E-state index in [0.29, 0.717) is 38.3 Å². The summed E-state index contributed by atoms with van der Waals surface area (Å²) in [6, 6.07) is 5.72. The summed E-state index contributed by atoms with van der Waals surface area (Å²) < 4.78 is 5.33. The Morgan fingerprint density at radius 1 is 1.35 bits per heavy atom. The van der Waals surface area contributed by atoms with Crippen molar-refractivity contribution in [2.24, 2.45) is 0 Å². The minimum Gasteiger partial charge on any atom is -0.391 e. The van der Waals surface area contributed by atoms with Gasteiger partial charge in [0, 0.05) is 18.7 Å². The number of aliphatic hydroxyl groups is 1. The van der Waals surface area contributed by atoms with Gasteiger partial charge in [0.15, 0.2) is 0 Å². The Hall–Kier alpha value is -1.39. The van der Waals surface area contributed by atoms with Crippen molar-refractivity contribution in [3.8, 4) is 0 Å². The number of fused-ring (bicyclic) bond motifs is 1. The predicted octanol–water partition coefficient (Wildman–Crippen LogP) is 0.924. The van der Waals surface area contributed by atoms with E-state index >= 15 is 0 Å². The summed E-state index contributed by atoms with van der Waals surface area (Å²) in [4.78, 5) is 13.9. The zero-order chi connectivity index (χ0) is 11.8. The summed E-state index contributed by atoms with van der Waals surface area (Å²) in [7, 11) is 0. The monoisotopic (exact) mass is 233 g/mol. The number of carbonyl (C=O) groups is 1. The molecule has 1 N–H and O–H groups in total. The first-order valence-electron chi connectivity index (χ1n) is 5.91. The molecule has 0 bridgehead atoms. The summed E-state index contributed by atoms with van der Waals surface area (Å²) >= 11 is 0. The summed E-state index contributed by atoms with van der Waals surface area (Å²) in [6.45, 7) is 2.34. The average Bonchev–Trinajstić information content (AvgIpc) is 2.95. The molecule has 2 aliphatic rings. The summed E-state index contributed by atoms with van der Waals surface area (Å²) in [5.74, 6) is 0.0104. The van der Waals surface area contributed by atoms with Crippen LogP contribution < -0.4 is 0 Å². The second-order valence-electron chi connectivity index (χ2n) is 4.67. The van der Waals surface area contributed by atoms with Crippen LogP contribution in [0.1, 0.15) is 27.9 Å². The highest BCUT2D eigenvalue weighted by atomic mass is 16.5. The molecule has 17 heavy (non-hydrogen) atoms. The van der Waals surface area contributed by atoms with Crippen molar-refractivity contribution in [3.05, 3.63) is 34.9 Å². The Bertz CT molecular complexity index is 458. The highest BCUT2D eigenvalue weighted by molar-refractivity contribution is 5.94. The van der Waals surface area contributed by atoms with Crippen molar-refractivity contribution in [2.45, 2.75) is 25.7 Å². The first-order valence-corrected chi connectivity index (χ1v) is 5.91. The lowest BCUT2D eigenvalue weighted by Crippen LogP contribution is -2.29. The molecule has 1 amide bonds. The third-order valence-corrected chi connectivity index (χ3v) is 3.42. The standard InChI is InChI=1S/C13H15NO3/c15-12-3-4-14(6-12)13(16)9-1-2-10-7-17-8-11(10)5-9/h1-2,5,12,15H,3-4,6-8H2/t12-/m0/s1.